The number of urea groups is 1. The highest BCUT2D eigenvalue weighted by atomic mass is 16.5. The minimum atomic E-state index is -0.945. The van der Waals surface area contributed by atoms with Crippen molar-refractivity contribution < 1.29 is 19.1 Å². The Morgan fingerprint density at radius 1 is 1.32 bits per heavy atom. The van der Waals surface area contributed by atoms with Gasteiger partial charge in [0, 0.05) is 26.7 Å². The van der Waals surface area contributed by atoms with E-state index in [2.05, 4.69) is 5.32 Å². The quantitative estimate of drug-likeness (QED) is 0.653. The summed E-state index contributed by atoms with van der Waals surface area (Å²) in [6, 6.07) is -0.604. The van der Waals surface area contributed by atoms with Crippen molar-refractivity contribution in [3.63, 3.8) is 0 Å². The number of rotatable bonds is 6. The molecule has 1 heterocycles. The third-order valence-electron chi connectivity index (χ3n) is 3.69. The average Bonchev–Trinajstić information content (AvgIpc) is 3.16. The summed E-state index contributed by atoms with van der Waals surface area (Å²) in [6.07, 6.45) is 1.09. The van der Waals surface area contributed by atoms with E-state index in [0.29, 0.717) is 32.5 Å². The van der Waals surface area contributed by atoms with E-state index in [1.165, 1.54) is 0 Å². The number of amides is 4. The topological polar surface area (TPSA) is 79.0 Å². The summed E-state index contributed by atoms with van der Waals surface area (Å²) in [6.45, 7) is 2.18. The number of carbonyl (C=O) groups excluding carboxylic acids is 3. The van der Waals surface area contributed by atoms with Gasteiger partial charge in [0.25, 0.3) is 0 Å². The lowest BCUT2D eigenvalue weighted by molar-refractivity contribution is -0.144. The second-order valence-corrected chi connectivity index (χ2v) is 5.09. The van der Waals surface area contributed by atoms with Crippen molar-refractivity contribution in [2.24, 2.45) is 5.41 Å². The number of barbiturate groups is 1. The van der Waals surface area contributed by atoms with Crippen LogP contribution in [0.2, 0.25) is 0 Å². The number of ether oxygens (including phenoxy) is 1. The van der Waals surface area contributed by atoms with Crippen molar-refractivity contribution in [2.45, 2.75) is 12.8 Å². The second kappa shape index (κ2) is 5.26. The Morgan fingerprint density at radius 2 is 2.00 bits per heavy atom. The Balaban J connectivity index is 1.90. The summed E-state index contributed by atoms with van der Waals surface area (Å²) >= 11 is 0. The van der Waals surface area contributed by atoms with Crippen LogP contribution in [0, 0.1) is 5.41 Å². The number of hydrogen-bond acceptors (Lipinski definition) is 5. The first-order valence-corrected chi connectivity index (χ1v) is 6.36. The van der Waals surface area contributed by atoms with Crippen LogP contribution >= 0.6 is 0 Å². The zero-order chi connectivity index (χ0) is 14.0. The molecule has 2 aliphatic rings. The van der Waals surface area contributed by atoms with Crippen LogP contribution in [0.3, 0.4) is 0 Å². The Bertz CT molecular complexity index is 406. The molecular weight excluding hydrogens is 250 g/mol. The van der Waals surface area contributed by atoms with E-state index in [1.807, 2.05) is 11.9 Å². The van der Waals surface area contributed by atoms with Crippen LogP contribution in [0.5, 0.6) is 0 Å². The fraction of sp³-hybridized carbons (Fsp3) is 0.750. The van der Waals surface area contributed by atoms with Gasteiger partial charge in [-0.25, -0.2) is 4.79 Å². The largest absolute Gasteiger partial charge is 0.383 e. The van der Waals surface area contributed by atoms with Gasteiger partial charge < -0.3 is 9.64 Å². The molecule has 1 spiro atoms. The van der Waals surface area contributed by atoms with Crippen molar-refractivity contribution in [2.75, 3.05) is 40.4 Å². The van der Waals surface area contributed by atoms with Crippen LogP contribution < -0.4 is 5.32 Å². The van der Waals surface area contributed by atoms with Crippen LogP contribution in [0.1, 0.15) is 12.8 Å². The number of carbonyl (C=O) groups is 3. The van der Waals surface area contributed by atoms with Gasteiger partial charge in [-0.1, -0.05) is 0 Å². The van der Waals surface area contributed by atoms with Crippen molar-refractivity contribution >= 4 is 17.8 Å². The van der Waals surface area contributed by atoms with Gasteiger partial charge >= 0.3 is 6.03 Å². The second-order valence-electron chi connectivity index (χ2n) is 5.09. The van der Waals surface area contributed by atoms with Gasteiger partial charge in [0.1, 0.15) is 5.41 Å². The van der Waals surface area contributed by atoms with Crippen molar-refractivity contribution in [1.29, 1.82) is 0 Å². The lowest BCUT2D eigenvalue weighted by Gasteiger charge is -2.31. The predicted molar refractivity (Wildman–Crippen MR) is 66.3 cm³/mol. The first-order chi connectivity index (χ1) is 9.01. The SMILES string of the molecule is COCCN(C)CCN1C(=O)NC(=O)C2(CC2)C1=O. The van der Waals surface area contributed by atoms with Crippen LogP contribution in [-0.2, 0) is 14.3 Å². The highest BCUT2D eigenvalue weighted by Gasteiger charge is 2.62. The maximum absolute atomic E-state index is 12.2. The molecule has 19 heavy (non-hydrogen) atoms. The first kappa shape index (κ1) is 14.0. The standard InChI is InChI=1S/C12H19N3O4/c1-14(7-8-19-2)5-6-15-10(17)12(3-4-12)9(16)13-11(15)18/h3-8H2,1-2H3,(H,13,16,18). The van der Waals surface area contributed by atoms with Gasteiger partial charge in [-0.05, 0) is 19.9 Å². The molecular formula is C12H19N3O4. The van der Waals surface area contributed by atoms with Crippen molar-refractivity contribution in [3.05, 3.63) is 0 Å². The fourth-order valence-corrected chi connectivity index (χ4v) is 2.13. The van der Waals surface area contributed by atoms with E-state index < -0.39 is 17.4 Å². The van der Waals surface area contributed by atoms with Crippen molar-refractivity contribution in [1.82, 2.24) is 15.1 Å². The summed E-state index contributed by atoms with van der Waals surface area (Å²) in [5, 5.41) is 2.26. The number of nitrogens with zero attached hydrogens (tertiary/aromatic N) is 2. The lowest BCUT2D eigenvalue weighted by Crippen LogP contribution is -2.60. The Hall–Kier alpha value is -1.47. The summed E-state index contributed by atoms with van der Waals surface area (Å²) in [5.74, 6) is -0.784. The smallest absolute Gasteiger partial charge is 0.330 e. The third kappa shape index (κ3) is 2.62. The van der Waals surface area contributed by atoms with E-state index in [-0.39, 0.29) is 5.91 Å². The molecule has 1 aliphatic heterocycles. The highest BCUT2D eigenvalue weighted by molar-refractivity contribution is 6.20. The predicted octanol–water partition coefficient (Wildman–Crippen LogP) is -0.577. The number of imide groups is 2. The van der Waals surface area contributed by atoms with Crippen LogP contribution in [0.4, 0.5) is 4.79 Å². The molecule has 0 aromatic rings. The minimum absolute atomic E-state index is 0.292. The Labute approximate surface area is 111 Å². The zero-order valence-electron chi connectivity index (χ0n) is 11.3. The molecule has 7 heteroatoms. The molecule has 2 rings (SSSR count). The van der Waals surface area contributed by atoms with E-state index in [4.69, 9.17) is 4.74 Å². The molecule has 0 aromatic carbocycles. The molecule has 0 aromatic heterocycles. The number of likely N-dealkylation sites (N-methyl/N-ethyl adjacent to an activating group) is 1. The first-order valence-electron chi connectivity index (χ1n) is 6.36. The summed E-state index contributed by atoms with van der Waals surface area (Å²) in [4.78, 5) is 38.6. The van der Waals surface area contributed by atoms with Crippen LogP contribution in [0.25, 0.3) is 0 Å². The lowest BCUT2D eigenvalue weighted by atomic mass is 10.0. The maximum atomic E-state index is 12.2. The maximum Gasteiger partial charge on any atom is 0.330 e. The third-order valence-corrected chi connectivity index (χ3v) is 3.69. The summed E-state index contributed by atoms with van der Waals surface area (Å²) in [5.41, 5.74) is -0.945. The molecule has 0 unspecified atom stereocenters. The molecule has 106 valence electrons. The van der Waals surface area contributed by atoms with E-state index in [1.54, 1.807) is 7.11 Å². The average molecular weight is 269 g/mol. The molecule has 0 radical (unpaired) electrons. The number of nitrogens with one attached hydrogen (secondary N) is 1. The van der Waals surface area contributed by atoms with Gasteiger partial charge in [0.05, 0.1) is 6.61 Å². The molecule has 2 fully saturated rings. The van der Waals surface area contributed by atoms with Gasteiger partial charge in [-0.3, -0.25) is 19.8 Å². The molecule has 1 saturated heterocycles. The molecule has 1 N–H and O–H groups in total. The van der Waals surface area contributed by atoms with E-state index in [0.717, 1.165) is 11.4 Å². The molecule has 4 amide bonds. The fourth-order valence-electron chi connectivity index (χ4n) is 2.13. The van der Waals surface area contributed by atoms with Gasteiger partial charge in [-0.2, -0.15) is 0 Å². The van der Waals surface area contributed by atoms with E-state index >= 15 is 0 Å². The molecule has 0 bridgehead atoms. The van der Waals surface area contributed by atoms with Gasteiger partial charge in [-0.15, -0.1) is 0 Å². The molecule has 0 atom stereocenters. The molecule has 1 saturated carbocycles. The van der Waals surface area contributed by atoms with Gasteiger partial charge in [0.2, 0.25) is 11.8 Å². The number of methoxy groups -OCH3 is 1. The van der Waals surface area contributed by atoms with Crippen LogP contribution in [0.15, 0.2) is 0 Å². The number of hydrogen-bond donors (Lipinski definition) is 1. The summed E-state index contributed by atoms with van der Waals surface area (Å²) < 4.78 is 4.96. The monoisotopic (exact) mass is 269 g/mol. The van der Waals surface area contributed by atoms with Crippen molar-refractivity contribution in [3.8, 4) is 0 Å². The molecule has 1 aliphatic carbocycles. The summed E-state index contributed by atoms with van der Waals surface area (Å²) in [7, 11) is 3.52. The van der Waals surface area contributed by atoms with E-state index in [9.17, 15) is 14.4 Å². The Kier molecular flexibility index (Phi) is 3.86. The highest BCUT2D eigenvalue weighted by Crippen LogP contribution is 2.48. The molecule has 7 nitrogen and oxygen atoms in total. The normalized spacial score (nSPS) is 21.2. The Morgan fingerprint density at radius 3 is 2.58 bits per heavy atom. The van der Waals surface area contributed by atoms with Crippen LogP contribution in [-0.4, -0.2) is 68.0 Å². The minimum Gasteiger partial charge on any atom is -0.383 e. The van der Waals surface area contributed by atoms with Gasteiger partial charge in [0.15, 0.2) is 0 Å². The zero-order valence-corrected chi connectivity index (χ0v) is 11.3.